The van der Waals surface area contributed by atoms with Gasteiger partial charge < -0.3 is 10.7 Å². The second-order valence-corrected chi connectivity index (χ2v) is 4.37. The number of imidazole rings is 1. The standard InChI is InChI=1S/C14H14N4/c1-9-6-12-14(16-8-9)18-13(17-12)11-4-2-10(7-15)3-5-11/h2-6,8H,7,15H2,1H3,(H,16,17,18). The number of hydrogen-bond donors (Lipinski definition) is 2. The van der Waals surface area contributed by atoms with Crippen LogP contribution in [0.3, 0.4) is 0 Å². The van der Waals surface area contributed by atoms with E-state index in [1.165, 1.54) is 0 Å². The maximum Gasteiger partial charge on any atom is 0.178 e. The summed E-state index contributed by atoms with van der Waals surface area (Å²) in [5, 5.41) is 0. The number of benzene rings is 1. The number of aryl methyl sites for hydroxylation is 1. The molecule has 0 saturated carbocycles. The molecule has 2 heterocycles. The lowest BCUT2D eigenvalue weighted by Gasteiger charge is -1.98. The van der Waals surface area contributed by atoms with E-state index in [9.17, 15) is 0 Å². The number of aromatic amines is 1. The van der Waals surface area contributed by atoms with Gasteiger partial charge in [0.2, 0.25) is 0 Å². The van der Waals surface area contributed by atoms with Gasteiger partial charge in [-0.2, -0.15) is 0 Å². The van der Waals surface area contributed by atoms with Crippen molar-refractivity contribution in [2.45, 2.75) is 13.5 Å². The van der Waals surface area contributed by atoms with Gasteiger partial charge in [0.1, 0.15) is 5.82 Å². The average molecular weight is 238 g/mol. The van der Waals surface area contributed by atoms with Crippen molar-refractivity contribution in [1.82, 2.24) is 15.0 Å². The molecule has 0 aliphatic carbocycles. The summed E-state index contributed by atoms with van der Waals surface area (Å²) in [4.78, 5) is 12.1. The second-order valence-electron chi connectivity index (χ2n) is 4.37. The Kier molecular flexibility index (Phi) is 2.57. The fourth-order valence-electron chi connectivity index (χ4n) is 1.94. The van der Waals surface area contributed by atoms with Gasteiger partial charge >= 0.3 is 0 Å². The van der Waals surface area contributed by atoms with Gasteiger partial charge in [0, 0.05) is 18.3 Å². The zero-order valence-electron chi connectivity index (χ0n) is 10.1. The van der Waals surface area contributed by atoms with Crippen molar-refractivity contribution < 1.29 is 0 Å². The van der Waals surface area contributed by atoms with Gasteiger partial charge in [0.25, 0.3) is 0 Å². The Bertz CT molecular complexity index is 683. The summed E-state index contributed by atoms with van der Waals surface area (Å²) in [6, 6.07) is 10.1. The lowest BCUT2D eigenvalue weighted by atomic mass is 10.1. The van der Waals surface area contributed by atoms with E-state index in [0.717, 1.165) is 33.7 Å². The first kappa shape index (κ1) is 10.9. The molecule has 4 heteroatoms. The first-order chi connectivity index (χ1) is 8.76. The number of hydrogen-bond acceptors (Lipinski definition) is 3. The Morgan fingerprint density at radius 3 is 2.72 bits per heavy atom. The van der Waals surface area contributed by atoms with Crippen LogP contribution in [0.25, 0.3) is 22.6 Å². The fraction of sp³-hybridized carbons (Fsp3) is 0.143. The Morgan fingerprint density at radius 1 is 1.22 bits per heavy atom. The molecule has 0 aliphatic rings. The van der Waals surface area contributed by atoms with Crippen LogP contribution in [-0.4, -0.2) is 15.0 Å². The number of H-pyrrole nitrogens is 1. The van der Waals surface area contributed by atoms with Gasteiger partial charge in [0.05, 0.1) is 5.52 Å². The molecule has 0 fully saturated rings. The monoisotopic (exact) mass is 238 g/mol. The van der Waals surface area contributed by atoms with Gasteiger partial charge in [-0.1, -0.05) is 24.3 Å². The van der Waals surface area contributed by atoms with Gasteiger partial charge in [-0.05, 0) is 24.1 Å². The average Bonchev–Trinajstić information content (AvgIpc) is 2.81. The predicted molar refractivity (Wildman–Crippen MR) is 72.0 cm³/mol. The summed E-state index contributed by atoms with van der Waals surface area (Å²) in [6.45, 7) is 2.57. The molecule has 0 bridgehead atoms. The largest absolute Gasteiger partial charge is 0.337 e. The van der Waals surface area contributed by atoms with E-state index in [2.05, 4.69) is 15.0 Å². The molecule has 4 nitrogen and oxygen atoms in total. The Labute approximate surface area is 105 Å². The highest BCUT2D eigenvalue weighted by Crippen LogP contribution is 2.20. The molecule has 3 rings (SSSR count). The zero-order chi connectivity index (χ0) is 12.5. The van der Waals surface area contributed by atoms with Crippen molar-refractivity contribution in [3.8, 4) is 11.4 Å². The van der Waals surface area contributed by atoms with Crippen molar-refractivity contribution in [2.24, 2.45) is 5.73 Å². The van der Waals surface area contributed by atoms with E-state index in [4.69, 9.17) is 5.73 Å². The molecule has 0 radical (unpaired) electrons. The number of aromatic nitrogens is 3. The van der Waals surface area contributed by atoms with Gasteiger partial charge in [-0.3, -0.25) is 0 Å². The quantitative estimate of drug-likeness (QED) is 0.720. The number of nitrogens with one attached hydrogen (secondary N) is 1. The molecule has 90 valence electrons. The maximum atomic E-state index is 5.58. The molecule has 1 aromatic carbocycles. The first-order valence-corrected chi connectivity index (χ1v) is 5.88. The molecule has 0 unspecified atom stereocenters. The maximum absolute atomic E-state index is 5.58. The number of nitrogens with two attached hydrogens (primary N) is 1. The van der Waals surface area contributed by atoms with Crippen LogP contribution >= 0.6 is 0 Å². The van der Waals surface area contributed by atoms with Crippen molar-refractivity contribution in [1.29, 1.82) is 0 Å². The Balaban J connectivity index is 2.07. The smallest absolute Gasteiger partial charge is 0.178 e. The molecular weight excluding hydrogens is 224 g/mol. The summed E-state index contributed by atoms with van der Waals surface area (Å²) in [5.41, 5.74) is 10.6. The minimum Gasteiger partial charge on any atom is -0.337 e. The first-order valence-electron chi connectivity index (χ1n) is 5.88. The summed E-state index contributed by atoms with van der Waals surface area (Å²) in [7, 11) is 0. The topological polar surface area (TPSA) is 67.6 Å². The van der Waals surface area contributed by atoms with E-state index >= 15 is 0 Å². The van der Waals surface area contributed by atoms with Crippen LogP contribution in [0.4, 0.5) is 0 Å². The molecule has 2 aromatic heterocycles. The van der Waals surface area contributed by atoms with Crippen LogP contribution in [0.2, 0.25) is 0 Å². The molecule has 3 N–H and O–H groups in total. The van der Waals surface area contributed by atoms with Crippen molar-refractivity contribution in [3.05, 3.63) is 47.7 Å². The molecule has 3 aromatic rings. The fourth-order valence-corrected chi connectivity index (χ4v) is 1.94. The van der Waals surface area contributed by atoms with E-state index in [-0.39, 0.29) is 0 Å². The van der Waals surface area contributed by atoms with Crippen LogP contribution in [0, 0.1) is 6.92 Å². The summed E-state index contributed by atoms with van der Waals surface area (Å²) in [6.07, 6.45) is 1.82. The highest BCUT2D eigenvalue weighted by atomic mass is 15.0. The Morgan fingerprint density at radius 2 is 2.00 bits per heavy atom. The second kappa shape index (κ2) is 4.23. The molecule has 0 spiro atoms. The van der Waals surface area contributed by atoms with E-state index < -0.39 is 0 Å². The van der Waals surface area contributed by atoms with Gasteiger partial charge in [-0.15, -0.1) is 0 Å². The number of pyridine rings is 1. The number of rotatable bonds is 2. The minimum absolute atomic E-state index is 0.557. The molecule has 18 heavy (non-hydrogen) atoms. The van der Waals surface area contributed by atoms with Crippen LogP contribution in [0.1, 0.15) is 11.1 Å². The van der Waals surface area contributed by atoms with Crippen LogP contribution < -0.4 is 5.73 Å². The number of nitrogens with zero attached hydrogens (tertiary/aromatic N) is 2. The summed E-state index contributed by atoms with van der Waals surface area (Å²) >= 11 is 0. The zero-order valence-corrected chi connectivity index (χ0v) is 10.1. The molecular formula is C14H14N4. The van der Waals surface area contributed by atoms with Crippen molar-refractivity contribution >= 4 is 11.2 Å². The van der Waals surface area contributed by atoms with Gasteiger partial charge in [0.15, 0.2) is 5.65 Å². The van der Waals surface area contributed by atoms with E-state index in [1.54, 1.807) is 0 Å². The van der Waals surface area contributed by atoms with E-state index in [0.29, 0.717) is 6.54 Å². The van der Waals surface area contributed by atoms with Crippen LogP contribution in [-0.2, 0) is 6.54 Å². The molecule has 0 aliphatic heterocycles. The minimum atomic E-state index is 0.557. The van der Waals surface area contributed by atoms with E-state index in [1.807, 2.05) is 43.5 Å². The van der Waals surface area contributed by atoms with Crippen LogP contribution in [0.5, 0.6) is 0 Å². The SMILES string of the molecule is Cc1cnc2nc(-c3ccc(CN)cc3)[nH]c2c1. The highest BCUT2D eigenvalue weighted by molar-refractivity contribution is 5.76. The molecule has 0 amide bonds. The third-order valence-electron chi connectivity index (χ3n) is 2.94. The van der Waals surface area contributed by atoms with Crippen molar-refractivity contribution in [3.63, 3.8) is 0 Å². The van der Waals surface area contributed by atoms with Gasteiger partial charge in [-0.25, -0.2) is 9.97 Å². The lowest BCUT2D eigenvalue weighted by Crippen LogP contribution is -1.95. The molecule has 0 saturated heterocycles. The summed E-state index contributed by atoms with van der Waals surface area (Å²) < 4.78 is 0. The third-order valence-corrected chi connectivity index (χ3v) is 2.94. The molecule has 0 atom stereocenters. The predicted octanol–water partition coefficient (Wildman–Crippen LogP) is 2.39. The lowest BCUT2D eigenvalue weighted by molar-refractivity contribution is 1.07. The van der Waals surface area contributed by atoms with Crippen molar-refractivity contribution in [2.75, 3.05) is 0 Å². The summed E-state index contributed by atoms with van der Waals surface area (Å²) in [5.74, 6) is 0.840. The van der Waals surface area contributed by atoms with Crippen LogP contribution in [0.15, 0.2) is 36.5 Å². The third kappa shape index (κ3) is 1.87. The normalized spacial score (nSPS) is 11.0. The number of fused-ring (bicyclic) bond motifs is 1. The highest BCUT2D eigenvalue weighted by Gasteiger charge is 2.06. The Hall–Kier alpha value is -2.20.